The normalized spacial score (nSPS) is 11.1. The Morgan fingerprint density at radius 3 is 2.41 bits per heavy atom. The first kappa shape index (κ1) is 32.1. The smallest absolute Gasteiger partial charge is 0.416 e. The summed E-state index contributed by atoms with van der Waals surface area (Å²) in [5.41, 5.74) is 2.22. The molecule has 4 rings (SSSR count). The summed E-state index contributed by atoms with van der Waals surface area (Å²) in [6.45, 7) is -0.113. The van der Waals surface area contributed by atoms with Crippen molar-refractivity contribution in [2.75, 3.05) is 18.2 Å². The summed E-state index contributed by atoms with van der Waals surface area (Å²) < 4.78 is 44.5. The Labute approximate surface area is 255 Å². The number of rotatable bonds is 12. The van der Waals surface area contributed by atoms with E-state index in [2.05, 4.69) is 15.6 Å². The first-order valence-corrected chi connectivity index (χ1v) is 14.5. The van der Waals surface area contributed by atoms with Crippen molar-refractivity contribution in [1.29, 1.82) is 0 Å². The number of methoxy groups -OCH3 is 1. The van der Waals surface area contributed by atoms with Crippen molar-refractivity contribution in [2.24, 2.45) is 0 Å². The van der Waals surface area contributed by atoms with E-state index in [1.165, 1.54) is 49.3 Å². The van der Waals surface area contributed by atoms with E-state index in [1.54, 1.807) is 36.4 Å². The molecule has 12 heteroatoms. The Morgan fingerprint density at radius 2 is 1.66 bits per heavy atom. The predicted molar refractivity (Wildman–Crippen MR) is 162 cm³/mol. The standard InChI is InChI=1S/C32H28F3N3O5S/c1-43-25-8-9-27(38-31(42)22-6-2-5-21(14-22)19-44-13-11-29(39)40)26(17-25)28-16-23(10-12-36-28)30(41)37-18-20-4-3-7-24(15-20)32(33,34)35/h2-10,12,14-17H,11,13,18-19H2,1H3,(H,37,41)(H,38,42)(H,39,40). The van der Waals surface area contributed by atoms with Gasteiger partial charge in [0, 0.05) is 40.9 Å². The molecule has 0 aliphatic carbocycles. The highest BCUT2D eigenvalue weighted by molar-refractivity contribution is 7.98. The first-order chi connectivity index (χ1) is 21.0. The van der Waals surface area contributed by atoms with Crippen LogP contribution in [0.3, 0.4) is 0 Å². The molecule has 0 aliphatic heterocycles. The number of aliphatic carboxylic acids is 1. The molecule has 0 spiro atoms. The number of aromatic nitrogens is 1. The van der Waals surface area contributed by atoms with Crippen LogP contribution in [-0.2, 0) is 23.3 Å². The minimum absolute atomic E-state index is 0.0534. The quantitative estimate of drug-likeness (QED) is 0.151. The molecule has 0 saturated carbocycles. The third kappa shape index (κ3) is 8.83. The Balaban J connectivity index is 1.51. The zero-order valence-corrected chi connectivity index (χ0v) is 24.3. The number of carboxylic acids is 1. The highest BCUT2D eigenvalue weighted by Gasteiger charge is 2.30. The number of pyridine rings is 1. The Morgan fingerprint density at radius 1 is 0.909 bits per heavy atom. The maximum Gasteiger partial charge on any atom is 0.416 e. The van der Waals surface area contributed by atoms with Crippen LogP contribution >= 0.6 is 11.8 Å². The van der Waals surface area contributed by atoms with Crippen LogP contribution < -0.4 is 15.4 Å². The summed E-state index contributed by atoms with van der Waals surface area (Å²) in [4.78, 5) is 41.3. The SMILES string of the molecule is COc1ccc(NC(=O)c2cccc(CSCCC(=O)O)c2)c(-c2cc(C(=O)NCc3cccc(C(F)(F)F)c3)ccn2)c1. The average molecular weight is 624 g/mol. The second kappa shape index (κ2) is 14.6. The maximum absolute atomic E-state index is 13.2. The van der Waals surface area contributed by atoms with Crippen LogP contribution in [0.15, 0.2) is 85.1 Å². The second-order valence-corrected chi connectivity index (χ2v) is 10.7. The first-order valence-electron chi connectivity index (χ1n) is 13.3. The minimum Gasteiger partial charge on any atom is -0.497 e. The van der Waals surface area contributed by atoms with Crippen LogP contribution in [0.2, 0.25) is 0 Å². The third-order valence-corrected chi connectivity index (χ3v) is 7.43. The zero-order valence-electron chi connectivity index (χ0n) is 23.5. The van der Waals surface area contributed by atoms with E-state index in [1.807, 2.05) is 6.07 Å². The summed E-state index contributed by atoms with van der Waals surface area (Å²) >= 11 is 1.46. The Kier molecular flexibility index (Phi) is 10.6. The van der Waals surface area contributed by atoms with Gasteiger partial charge in [0.1, 0.15) is 5.75 Å². The number of anilines is 1. The molecular formula is C32H28F3N3O5S. The van der Waals surface area contributed by atoms with Crippen molar-refractivity contribution in [3.05, 3.63) is 113 Å². The molecule has 2 amide bonds. The van der Waals surface area contributed by atoms with Gasteiger partial charge in [-0.25, -0.2) is 0 Å². The van der Waals surface area contributed by atoms with Crippen LogP contribution in [0.5, 0.6) is 5.75 Å². The molecule has 0 radical (unpaired) electrons. The molecule has 44 heavy (non-hydrogen) atoms. The number of carbonyl (C=O) groups is 3. The van der Waals surface area contributed by atoms with Gasteiger partial charge in [0.25, 0.3) is 11.8 Å². The van der Waals surface area contributed by atoms with Crippen LogP contribution in [-0.4, -0.2) is 40.7 Å². The molecule has 228 valence electrons. The van der Waals surface area contributed by atoms with Gasteiger partial charge in [-0.3, -0.25) is 19.4 Å². The molecular weight excluding hydrogens is 595 g/mol. The molecule has 0 fully saturated rings. The third-order valence-electron chi connectivity index (χ3n) is 6.40. The van der Waals surface area contributed by atoms with Crippen LogP contribution in [0.4, 0.5) is 18.9 Å². The summed E-state index contributed by atoms with van der Waals surface area (Å²) in [5, 5.41) is 14.3. The lowest BCUT2D eigenvalue weighted by molar-refractivity contribution is -0.138. The number of halogens is 3. The van der Waals surface area contributed by atoms with E-state index in [4.69, 9.17) is 9.84 Å². The van der Waals surface area contributed by atoms with E-state index >= 15 is 0 Å². The molecule has 3 aromatic carbocycles. The molecule has 0 atom stereocenters. The van der Waals surface area contributed by atoms with Gasteiger partial charge in [-0.2, -0.15) is 24.9 Å². The lowest BCUT2D eigenvalue weighted by atomic mass is 10.0. The molecule has 3 N–H and O–H groups in total. The van der Waals surface area contributed by atoms with Gasteiger partial charge >= 0.3 is 12.1 Å². The average Bonchev–Trinajstić information content (AvgIpc) is 3.02. The molecule has 0 aliphatic rings. The van der Waals surface area contributed by atoms with Crippen molar-refractivity contribution in [1.82, 2.24) is 10.3 Å². The number of carbonyl (C=O) groups excluding carboxylic acids is 2. The monoisotopic (exact) mass is 623 g/mol. The number of nitrogens with zero attached hydrogens (tertiary/aromatic N) is 1. The fourth-order valence-electron chi connectivity index (χ4n) is 4.18. The topological polar surface area (TPSA) is 118 Å². The Hall–Kier alpha value is -4.84. The number of thioether (sulfide) groups is 1. The number of hydrogen-bond donors (Lipinski definition) is 3. The van der Waals surface area contributed by atoms with E-state index < -0.39 is 23.6 Å². The van der Waals surface area contributed by atoms with Crippen molar-refractivity contribution < 1.29 is 37.4 Å². The van der Waals surface area contributed by atoms with Gasteiger partial charge < -0.3 is 20.5 Å². The summed E-state index contributed by atoms with van der Waals surface area (Å²) in [6.07, 6.45) is -3.02. The number of benzene rings is 3. The largest absolute Gasteiger partial charge is 0.497 e. The van der Waals surface area contributed by atoms with E-state index in [0.29, 0.717) is 45.3 Å². The molecule has 0 bridgehead atoms. The number of carboxylic acid groups (broad SMARTS) is 1. The van der Waals surface area contributed by atoms with Gasteiger partial charge in [0.05, 0.1) is 30.5 Å². The minimum atomic E-state index is -4.49. The van der Waals surface area contributed by atoms with Crippen molar-refractivity contribution >= 4 is 35.2 Å². The van der Waals surface area contributed by atoms with Crippen molar-refractivity contribution in [2.45, 2.75) is 24.9 Å². The fourth-order valence-corrected chi connectivity index (χ4v) is 5.06. The summed E-state index contributed by atoms with van der Waals surface area (Å²) in [5.74, 6) is -0.275. The lowest BCUT2D eigenvalue weighted by Crippen LogP contribution is -2.23. The van der Waals surface area contributed by atoms with Crippen LogP contribution in [0.25, 0.3) is 11.3 Å². The summed E-state index contributed by atoms with van der Waals surface area (Å²) in [7, 11) is 1.49. The highest BCUT2D eigenvalue weighted by Crippen LogP contribution is 2.32. The number of nitrogens with one attached hydrogen (secondary N) is 2. The Bertz CT molecular complexity index is 1660. The molecule has 1 heterocycles. The molecule has 0 saturated heterocycles. The van der Waals surface area contributed by atoms with E-state index in [-0.39, 0.29) is 24.4 Å². The summed E-state index contributed by atoms with van der Waals surface area (Å²) in [6, 6.07) is 19.7. The van der Waals surface area contributed by atoms with Gasteiger partial charge in [0.2, 0.25) is 0 Å². The number of amides is 2. The van der Waals surface area contributed by atoms with Crippen molar-refractivity contribution in [3.63, 3.8) is 0 Å². The predicted octanol–water partition coefficient (Wildman–Crippen LogP) is 6.67. The van der Waals surface area contributed by atoms with Crippen LogP contribution in [0, 0.1) is 0 Å². The van der Waals surface area contributed by atoms with Gasteiger partial charge in [-0.05, 0) is 65.7 Å². The number of alkyl halides is 3. The van der Waals surface area contributed by atoms with E-state index in [0.717, 1.165) is 17.7 Å². The van der Waals surface area contributed by atoms with Crippen molar-refractivity contribution in [3.8, 4) is 17.0 Å². The lowest BCUT2D eigenvalue weighted by Gasteiger charge is -2.14. The number of ether oxygens (including phenoxy) is 1. The highest BCUT2D eigenvalue weighted by atomic mass is 32.2. The van der Waals surface area contributed by atoms with Gasteiger partial charge in [0.15, 0.2) is 0 Å². The molecule has 1 aromatic heterocycles. The van der Waals surface area contributed by atoms with E-state index in [9.17, 15) is 27.6 Å². The zero-order chi connectivity index (χ0) is 31.7. The molecule has 0 unspecified atom stereocenters. The molecule has 4 aromatic rings. The van der Waals surface area contributed by atoms with Gasteiger partial charge in [-0.1, -0.05) is 24.3 Å². The fraction of sp³-hybridized carbons (Fsp3) is 0.188. The molecule has 8 nitrogen and oxygen atoms in total. The van der Waals surface area contributed by atoms with Gasteiger partial charge in [-0.15, -0.1) is 0 Å². The van der Waals surface area contributed by atoms with Crippen LogP contribution in [0.1, 0.15) is 43.8 Å². The maximum atomic E-state index is 13.2. The second-order valence-electron chi connectivity index (χ2n) is 9.57. The number of hydrogen-bond acceptors (Lipinski definition) is 6.